The lowest BCUT2D eigenvalue weighted by Crippen LogP contribution is -2.03. The summed E-state index contributed by atoms with van der Waals surface area (Å²) >= 11 is 1.34. The van der Waals surface area contributed by atoms with E-state index in [1.807, 2.05) is 0 Å². The van der Waals surface area contributed by atoms with Gasteiger partial charge in [-0.1, -0.05) is 18.2 Å². The summed E-state index contributed by atoms with van der Waals surface area (Å²) in [6, 6.07) is 9.90. The van der Waals surface area contributed by atoms with Crippen molar-refractivity contribution in [2.45, 2.75) is 19.7 Å². The normalized spacial score (nSPS) is 11.6. The maximum absolute atomic E-state index is 12.7. The molecule has 0 fully saturated rings. The smallest absolute Gasteiger partial charge is 0.416 e. The first kappa shape index (κ1) is 22.4. The Morgan fingerprint density at radius 2 is 1.87 bits per heavy atom. The molecule has 31 heavy (non-hydrogen) atoms. The Balaban J connectivity index is 1.74. The van der Waals surface area contributed by atoms with Gasteiger partial charge in [-0.2, -0.15) is 13.2 Å². The Morgan fingerprint density at radius 1 is 1.16 bits per heavy atom. The van der Waals surface area contributed by atoms with Crippen LogP contribution in [0.1, 0.15) is 21.7 Å². The van der Waals surface area contributed by atoms with E-state index < -0.39 is 17.7 Å². The van der Waals surface area contributed by atoms with Crippen LogP contribution in [0.25, 0.3) is 16.6 Å². The summed E-state index contributed by atoms with van der Waals surface area (Å²) in [5.41, 5.74) is 1.26. The number of halogens is 3. The number of alkyl halides is 3. The highest BCUT2D eigenvalue weighted by atomic mass is 32.1. The molecule has 1 aromatic heterocycles. The molecule has 0 saturated carbocycles. The van der Waals surface area contributed by atoms with Crippen LogP contribution in [-0.4, -0.2) is 23.2 Å². The highest BCUT2D eigenvalue weighted by Crippen LogP contribution is 2.34. The summed E-state index contributed by atoms with van der Waals surface area (Å²) in [7, 11) is 1.48. The molecule has 0 aliphatic rings. The summed E-state index contributed by atoms with van der Waals surface area (Å²) in [6.07, 6.45) is -1.91. The van der Waals surface area contributed by atoms with E-state index in [2.05, 4.69) is 4.98 Å². The Hall–Kier alpha value is -3.33. The topological polar surface area (TPSA) is 68.7 Å². The summed E-state index contributed by atoms with van der Waals surface area (Å²) in [5, 5.41) is 9.33. The van der Waals surface area contributed by atoms with E-state index in [0.717, 1.165) is 28.8 Å². The van der Waals surface area contributed by atoms with Gasteiger partial charge in [-0.3, -0.25) is 0 Å². The van der Waals surface area contributed by atoms with Crippen LogP contribution in [0.2, 0.25) is 0 Å². The van der Waals surface area contributed by atoms with Crippen molar-refractivity contribution >= 4 is 23.4 Å². The second-order valence-corrected chi connectivity index (χ2v) is 7.56. The number of rotatable bonds is 7. The van der Waals surface area contributed by atoms with Crippen LogP contribution < -0.4 is 9.47 Å². The molecule has 0 aliphatic heterocycles. The van der Waals surface area contributed by atoms with Gasteiger partial charge in [0, 0.05) is 11.6 Å². The molecule has 2 aromatic carbocycles. The zero-order valence-corrected chi connectivity index (χ0v) is 17.4. The number of methoxy groups -OCH3 is 1. The van der Waals surface area contributed by atoms with Gasteiger partial charge in [0.05, 0.1) is 23.2 Å². The maximum Gasteiger partial charge on any atom is 0.416 e. The molecule has 162 valence electrons. The number of hydrogen-bond acceptors (Lipinski definition) is 5. The number of benzene rings is 2. The Bertz CT molecular complexity index is 1100. The number of carboxylic acid groups (broad SMARTS) is 1. The van der Waals surface area contributed by atoms with E-state index >= 15 is 0 Å². The number of carbonyl (C=O) groups is 1. The van der Waals surface area contributed by atoms with Crippen LogP contribution in [0.3, 0.4) is 0 Å². The molecule has 0 atom stereocenters. The van der Waals surface area contributed by atoms with E-state index in [1.165, 1.54) is 36.7 Å². The van der Waals surface area contributed by atoms with E-state index in [1.54, 1.807) is 25.1 Å². The molecule has 3 rings (SSSR count). The first-order valence-corrected chi connectivity index (χ1v) is 9.85. The number of thiazole rings is 1. The number of ether oxygens (including phenoxy) is 2. The first-order valence-electron chi connectivity index (χ1n) is 9.03. The summed E-state index contributed by atoms with van der Waals surface area (Å²) in [6.45, 7) is 2.00. The van der Waals surface area contributed by atoms with Gasteiger partial charge < -0.3 is 14.6 Å². The molecule has 1 heterocycles. The van der Waals surface area contributed by atoms with Gasteiger partial charge in [0.25, 0.3) is 0 Å². The zero-order valence-electron chi connectivity index (χ0n) is 16.6. The number of nitrogens with zero attached hydrogens (tertiary/aromatic N) is 1. The lowest BCUT2D eigenvalue weighted by Gasteiger charge is -2.11. The standard InChI is InChI=1S/C22H18F3NO4S/c1-13-19(31-21(26-13)15-5-7-16(8-6-15)22(23,24)25)12-30-17-9-3-14(4-10-20(27)28)11-18(17)29-2/h3-11H,12H2,1-2H3,(H,27,28). The molecule has 0 unspecified atom stereocenters. The first-order chi connectivity index (χ1) is 14.7. The monoisotopic (exact) mass is 449 g/mol. The van der Waals surface area contributed by atoms with Crippen molar-refractivity contribution in [1.82, 2.24) is 4.98 Å². The lowest BCUT2D eigenvalue weighted by molar-refractivity contribution is -0.137. The molecular weight excluding hydrogens is 431 g/mol. The van der Waals surface area contributed by atoms with Gasteiger partial charge in [0.15, 0.2) is 11.5 Å². The van der Waals surface area contributed by atoms with Crippen LogP contribution in [0.4, 0.5) is 13.2 Å². The number of hydrogen-bond donors (Lipinski definition) is 1. The van der Waals surface area contributed by atoms with Crippen molar-refractivity contribution in [3.8, 4) is 22.1 Å². The summed E-state index contributed by atoms with van der Waals surface area (Å²) in [4.78, 5) is 15.9. The van der Waals surface area contributed by atoms with Crippen LogP contribution in [-0.2, 0) is 17.6 Å². The number of aromatic nitrogens is 1. The summed E-state index contributed by atoms with van der Waals surface area (Å²) in [5.74, 6) is -0.139. The van der Waals surface area contributed by atoms with E-state index in [-0.39, 0.29) is 6.61 Å². The van der Waals surface area contributed by atoms with Gasteiger partial charge >= 0.3 is 12.1 Å². The van der Waals surface area contributed by atoms with Crippen molar-refractivity contribution < 1.29 is 32.5 Å². The quantitative estimate of drug-likeness (QED) is 0.460. The molecule has 0 radical (unpaired) electrons. The maximum atomic E-state index is 12.7. The van der Waals surface area contributed by atoms with Gasteiger partial charge in [-0.25, -0.2) is 9.78 Å². The van der Waals surface area contributed by atoms with Crippen LogP contribution in [0.5, 0.6) is 11.5 Å². The lowest BCUT2D eigenvalue weighted by atomic mass is 10.1. The molecule has 0 amide bonds. The van der Waals surface area contributed by atoms with E-state index in [0.29, 0.717) is 27.6 Å². The van der Waals surface area contributed by atoms with Gasteiger partial charge in [0.1, 0.15) is 11.6 Å². The molecule has 9 heteroatoms. The van der Waals surface area contributed by atoms with Gasteiger partial charge in [0.2, 0.25) is 0 Å². The summed E-state index contributed by atoms with van der Waals surface area (Å²) < 4.78 is 49.4. The molecular formula is C22H18F3NO4S. The molecule has 5 nitrogen and oxygen atoms in total. The molecule has 0 aliphatic carbocycles. The molecule has 0 bridgehead atoms. The van der Waals surface area contributed by atoms with E-state index in [9.17, 15) is 18.0 Å². The molecule has 1 N–H and O–H groups in total. The van der Waals surface area contributed by atoms with Crippen LogP contribution >= 0.6 is 11.3 Å². The SMILES string of the molecule is COc1cc(C=CC(=O)O)ccc1OCc1sc(-c2ccc(C(F)(F)F)cc2)nc1C. The fourth-order valence-electron chi connectivity index (χ4n) is 2.71. The van der Waals surface area contributed by atoms with Gasteiger partial charge in [-0.05, 0) is 42.8 Å². The minimum Gasteiger partial charge on any atom is -0.493 e. The van der Waals surface area contributed by atoms with Crippen molar-refractivity contribution in [3.63, 3.8) is 0 Å². The van der Waals surface area contributed by atoms with Crippen molar-refractivity contribution in [3.05, 3.63) is 70.2 Å². The third-order valence-corrected chi connectivity index (χ3v) is 5.50. The second-order valence-electron chi connectivity index (χ2n) is 6.47. The van der Waals surface area contributed by atoms with E-state index in [4.69, 9.17) is 14.6 Å². The minimum absolute atomic E-state index is 0.199. The van der Waals surface area contributed by atoms with Crippen molar-refractivity contribution in [1.29, 1.82) is 0 Å². The molecule has 0 spiro atoms. The van der Waals surface area contributed by atoms with Crippen molar-refractivity contribution in [2.75, 3.05) is 7.11 Å². The molecule has 3 aromatic rings. The third-order valence-electron chi connectivity index (χ3n) is 4.32. The second kappa shape index (κ2) is 9.22. The predicted molar refractivity (Wildman–Crippen MR) is 111 cm³/mol. The Labute approximate surface area is 180 Å². The average Bonchev–Trinajstić information content (AvgIpc) is 3.11. The van der Waals surface area contributed by atoms with Crippen LogP contribution in [0, 0.1) is 6.92 Å². The zero-order chi connectivity index (χ0) is 22.6. The number of aliphatic carboxylic acids is 1. The van der Waals surface area contributed by atoms with Gasteiger partial charge in [-0.15, -0.1) is 11.3 Å². The van der Waals surface area contributed by atoms with Crippen LogP contribution in [0.15, 0.2) is 48.5 Å². The fraction of sp³-hybridized carbons (Fsp3) is 0.182. The molecule has 0 saturated heterocycles. The number of aryl methyl sites for hydroxylation is 1. The average molecular weight is 449 g/mol. The fourth-order valence-corrected chi connectivity index (χ4v) is 3.69. The largest absolute Gasteiger partial charge is 0.493 e. The number of carboxylic acids is 1. The third kappa shape index (κ3) is 5.64. The highest BCUT2D eigenvalue weighted by molar-refractivity contribution is 7.15. The highest BCUT2D eigenvalue weighted by Gasteiger charge is 2.30. The Kier molecular flexibility index (Phi) is 6.65. The minimum atomic E-state index is -4.38. The van der Waals surface area contributed by atoms with Crippen molar-refractivity contribution in [2.24, 2.45) is 0 Å². The predicted octanol–water partition coefficient (Wildman–Crippen LogP) is 5.82. The Morgan fingerprint density at radius 3 is 2.48 bits per heavy atom.